The number of rotatable bonds is 14. The molecule has 1 saturated carbocycles. The average molecular weight is 542 g/mol. The Morgan fingerprint density at radius 1 is 0.949 bits per heavy atom. The normalized spacial score (nSPS) is 19.3. The van der Waals surface area contributed by atoms with Gasteiger partial charge in [0, 0.05) is 50.9 Å². The molecule has 0 bridgehead atoms. The third-order valence-electron chi connectivity index (χ3n) is 7.83. The zero-order valence-corrected chi connectivity index (χ0v) is 23.3. The number of hydrogen-bond acceptors (Lipinski definition) is 11. The Hall–Kier alpha value is -2.54. The van der Waals surface area contributed by atoms with Gasteiger partial charge in [0.1, 0.15) is 17.3 Å². The van der Waals surface area contributed by atoms with E-state index in [1.165, 1.54) is 32.1 Å². The summed E-state index contributed by atoms with van der Waals surface area (Å²) in [6.45, 7) is 9.62. The topological polar surface area (TPSA) is 129 Å². The molecule has 0 atom stereocenters. The van der Waals surface area contributed by atoms with Gasteiger partial charge in [0.15, 0.2) is 0 Å². The van der Waals surface area contributed by atoms with Crippen molar-refractivity contribution in [2.45, 2.75) is 76.5 Å². The van der Waals surface area contributed by atoms with Crippen LogP contribution in [0.3, 0.4) is 0 Å². The van der Waals surface area contributed by atoms with Crippen LogP contribution in [0.1, 0.15) is 57.1 Å². The predicted octanol–water partition coefficient (Wildman–Crippen LogP) is 1.58. The lowest BCUT2D eigenvalue weighted by atomic mass is 9.95. The number of ether oxygens (including phenoxy) is 1. The maximum Gasteiger partial charge on any atom is 0.226 e. The number of aromatic nitrogens is 5. The highest BCUT2D eigenvalue weighted by molar-refractivity contribution is 5.54. The van der Waals surface area contributed by atoms with Crippen molar-refractivity contribution in [3.05, 3.63) is 18.0 Å². The molecule has 2 saturated heterocycles. The molecule has 12 heteroatoms. The Bertz CT molecular complexity index is 968. The summed E-state index contributed by atoms with van der Waals surface area (Å²) in [5, 5.41) is 26.3. The first-order valence-corrected chi connectivity index (χ1v) is 15.1. The highest BCUT2D eigenvalue weighted by atomic mass is 16.5. The molecule has 39 heavy (non-hydrogen) atoms. The van der Waals surface area contributed by atoms with Crippen LogP contribution in [0.25, 0.3) is 0 Å². The van der Waals surface area contributed by atoms with Crippen LogP contribution in [0.4, 0.5) is 17.6 Å². The van der Waals surface area contributed by atoms with Crippen molar-refractivity contribution in [3.63, 3.8) is 0 Å². The Morgan fingerprint density at radius 3 is 2.64 bits per heavy atom. The molecule has 4 heterocycles. The predicted molar refractivity (Wildman–Crippen MR) is 154 cm³/mol. The van der Waals surface area contributed by atoms with Crippen LogP contribution in [0.15, 0.2) is 12.3 Å². The smallest absolute Gasteiger partial charge is 0.226 e. The fraction of sp³-hybridized carbons (Fsp3) is 0.778. The molecule has 216 valence electrons. The summed E-state index contributed by atoms with van der Waals surface area (Å²) in [6, 6.07) is 3.22. The van der Waals surface area contributed by atoms with E-state index in [4.69, 9.17) is 14.7 Å². The summed E-state index contributed by atoms with van der Waals surface area (Å²) in [4.78, 5) is 11.9. The summed E-state index contributed by atoms with van der Waals surface area (Å²) in [6.07, 6.45) is 12.1. The number of piperidine rings is 1. The molecule has 12 nitrogen and oxygen atoms in total. The molecule has 0 spiro atoms. The standard InChI is InChI=1S/C27H47N11O/c1-2-5-22(6-3-1)30-13-12-28-9-4-14-38-21-24(35-36-38)20-31-27-33-25(32-23-7-10-29-11-8-23)19-26(34-27)37-15-17-39-18-16-37/h19,21-23,28-30H,1-18,20H2,(H2,31,32,33,34). The monoisotopic (exact) mass is 541 g/mol. The second-order valence-corrected chi connectivity index (χ2v) is 10.9. The van der Waals surface area contributed by atoms with E-state index >= 15 is 0 Å². The van der Waals surface area contributed by atoms with Gasteiger partial charge < -0.3 is 36.2 Å². The lowest BCUT2D eigenvalue weighted by Gasteiger charge is -2.29. The van der Waals surface area contributed by atoms with E-state index in [0.717, 1.165) is 108 Å². The maximum atomic E-state index is 5.54. The van der Waals surface area contributed by atoms with Crippen molar-refractivity contribution < 1.29 is 4.74 Å². The lowest BCUT2D eigenvalue weighted by Crippen LogP contribution is -2.37. The minimum Gasteiger partial charge on any atom is -0.378 e. The van der Waals surface area contributed by atoms with E-state index in [1.54, 1.807) is 0 Å². The number of aryl methyl sites for hydroxylation is 1. The molecule has 0 amide bonds. The highest BCUT2D eigenvalue weighted by Crippen LogP contribution is 2.22. The van der Waals surface area contributed by atoms with Crippen LogP contribution in [0, 0.1) is 0 Å². The molecule has 1 aliphatic carbocycles. The minimum atomic E-state index is 0.425. The molecule has 5 rings (SSSR count). The second-order valence-electron chi connectivity index (χ2n) is 10.9. The van der Waals surface area contributed by atoms with Crippen molar-refractivity contribution in [1.82, 2.24) is 40.9 Å². The first-order chi connectivity index (χ1) is 19.3. The number of nitrogens with one attached hydrogen (secondary N) is 5. The number of nitrogens with zero attached hydrogens (tertiary/aromatic N) is 6. The van der Waals surface area contributed by atoms with Crippen LogP contribution >= 0.6 is 0 Å². The molecule has 2 aromatic heterocycles. The van der Waals surface area contributed by atoms with Gasteiger partial charge in [0.2, 0.25) is 5.95 Å². The number of hydrogen-bond donors (Lipinski definition) is 5. The van der Waals surface area contributed by atoms with Gasteiger partial charge in [-0.05, 0) is 51.7 Å². The quantitative estimate of drug-likeness (QED) is 0.224. The van der Waals surface area contributed by atoms with Crippen molar-refractivity contribution in [2.24, 2.45) is 0 Å². The van der Waals surface area contributed by atoms with Crippen LogP contribution in [0.2, 0.25) is 0 Å². The summed E-state index contributed by atoms with van der Waals surface area (Å²) in [7, 11) is 0. The molecule has 2 aromatic rings. The van der Waals surface area contributed by atoms with E-state index in [9.17, 15) is 0 Å². The lowest BCUT2D eigenvalue weighted by molar-refractivity contribution is 0.122. The van der Waals surface area contributed by atoms with Gasteiger partial charge in [-0.15, -0.1) is 5.10 Å². The van der Waals surface area contributed by atoms with E-state index in [0.29, 0.717) is 18.5 Å². The zero-order chi connectivity index (χ0) is 26.5. The number of anilines is 3. The SMILES string of the molecule is c1c(NC2CCNCC2)nc(NCc2cn(CCCNCCNC3CCCCC3)nn2)nc1N1CCOCC1. The fourth-order valence-electron chi connectivity index (χ4n) is 5.58. The molecule has 3 aliphatic rings. The van der Waals surface area contributed by atoms with Gasteiger partial charge in [-0.2, -0.15) is 9.97 Å². The molecule has 5 N–H and O–H groups in total. The van der Waals surface area contributed by atoms with Gasteiger partial charge in [0.25, 0.3) is 0 Å². The second kappa shape index (κ2) is 15.3. The van der Waals surface area contributed by atoms with E-state index in [1.807, 2.05) is 10.9 Å². The van der Waals surface area contributed by atoms with Gasteiger partial charge in [0.05, 0.1) is 26.0 Å². The van der Waals surface area contributed by atoms with E-state index in [2.05, 4.69) is 47.9 Å². The zero-order valence-electron chi connectivity index (χ0n) is 23.3. The third-order valence-corrected chi connectivity index (χ3v) is 7.83. The van der Waals surface area contributed by atoms with Gasteiger partial charge in [-0.1, -0.05) is 24.5 Å². The third kappa shape index (κ3) is 9.26. The number of morpholine rings is 1. The Kier molecular flexibility index (Phi) is 11.0. The fourth-order valence-corrected chi connectivity index (χ4v) is 5.58. The van der Waals surface area contributed by atoms with Gasteiger partial charge >= 0.3 is 0 Å². The van der Waals surface area contributed by atoms with Crippen molar-refractivity contribution >= 4 is 17.6 Å². The Labute approximate surface area is 232 Å². The molecule has 3 fully saturated rings. The highest BCUT2D eigenvalue weighted by Gasteiger charge is 2.18. The van der Waals surface area contributed by atoms with Crippen molar-refractivity contribution in [1.29, 1.82) is 0 Å². The molecule has 0 radical (unpaired) electrons. The van der Waals surface area contributed by atoms with E-state index < -0.39 is 0 Å². The van der Waals surface area contributed by atoms with Crippen molar-refractivity contribution in [3.8, 4) is 0 Å². The van der Waals surface area contributed by atoms with Crippen LogP contribution in [-0.4, -0.2) is 96.1 Å². The maximum absolute atomic E-state index is 5.54. The van der Waals surface area contributed by atoms with Crippen LogP contribution in [-0.2, 0) is 17.8 Å². The average Bonchev–Trinajstić information content (AvgIpc) is 3.45. The molecule has 2 aliphatic heterocycles. The van der Waals surface area contributed by atoms with Gasteiger partial charge in [-0.25, -0.2) is 0 Å². The van der Waals surface area contributed by atoms with Crippen LogP contribution in [0.5, 0.6) is 0 Å². The Morgan fingerprint density at radius 2 is 1.79 bits per heavy atom. The Balaban J connectivity index is 1.06. The molecule has 0 unspecified atom stereocenters. The van der Waals surface area contributed by atoms with Gasteiger partial charge in [-0.3, -0.25) is 4.68 Å². The summed E-state index contributed by atoms with van der Waals surface area (Å²) in [5.41, 5.74) is 0.882. The first-order valence-electron chi connectivity index (χ1n) is 15.1. The molecular formula is C27H47N11O. The van der Waals surface area contributed by atoms with Crippen molar-refractivity contribution in [2.75, 3.05) is 74.6 Å². The first kappa shape index (κ1) is 28.0. The molecular weight excluding hydrogens is 494 g/mol. The molecule has 0 aromatic carbocycles. The van der Waals surface area contributed by atoms with Crippen LogP contribution < -0.4 is 31.5 Å². The minimum absolute atomic E-state index is 0.425. The van der Waals surface area contributed by atoms with E-state index in [-0.39, 0.29) is 0 Å². The summed E-state index contributed by atoms with van der Waals surface area (Å²) < 4.78 is 7.46. The summed E-state index contributed by atoms with van der Waals surface area (Å²) >= 11 is 0. The largest absolute Gasteiger partial charge is 0.378 e. The summed E-state index contributed by atoms with van der Waals surface area (Å²) in [5.74, 6) is 2.40.